The quantitative estimate of drug-likeness (QED) is 0.370. The second kappa shape index (κ2) is 8.08. The van der Waals surface area contributed by atoms with Crippen LogP contribution in [0.2, 0.25) is 0 Å². The normalized spacial score (nSPS) is 11.1. The van der Waals surface area contributed by atoms with Crippen LogP contribution in [0.1, 0.15) is 36.5 Å². The Labute approximate surface area is 151 Å². The van der Waals surface area contributed by atoms with Crippen molar-refractivity contribution in [3.05, 3.63) is 74.8 Å². The van der Waals surface area contributed by atoms with Crippen LogP contribution in [0.3, 0.4) is 0 Å². The minimum absolute atomic E-state index is 0.0573. The third-order valence-corrected chi connectivity index (χ3v) is 3.88. The molecule has 0 heterocycles. The summed E-state index contributed by atoms with van der Waals surface area (Å²) in [5.41, 5.74) is 2.28. The van der Waals surface area contributed by atoms with Gasteiger partial charge in [-0.05, 0) is 41.7 Å². The lowest BCUT2D eigenvalue weighted by Gasteiger charge is -2.07. The summed E-state index contributed by atoms with van der Waals surface area (Å²) in [5, 5.41) is 22.9. The number of hydrogen-bond acceptors (Lipinski definition) is 4. The summed E-state index contributed by atoms with van der Waals surface area (Å²) in [6, 6.07) is 13.9. The molecule has 2 aromatic rings. The fourth-order valence-corrected chi connectivity index (χ4v) is 2.38. The molecule has 6 heteroatoms. The number of carbonyl (C=O) groups excluding carboxylic acids is 1. The van der Waals surface area contributed by atoms with Gasteiger partial charge in [-0.15, -0.1) is 0 Å². The van der Waals surface area contributed by atoms with Crippen LogP contribution in [-0.4, -0.2) is 10.8 Å². The van der Waals surface area contributed by atoms with E-state index in [-0.39, 0.29) is 16.9 Å². The SMILES string of the molecule is Cc1ccc(NC(=O)/C(C#N)=C/c2ccc(C(C)C)cc2)c([N+](=O)[O-])c1. The van der Waals surface area contributed by atoms with Crippen LogP contribution in [0, 0.1) is 28.4 Å². The number of hydrogen-bond donors (Lipinski definition) is 1. The molecular weight excluding hydrogens is 330 g/mol. The number of benzene rings is 2. The Morgan fingerprint density at radius 3 is 2.42 bits per heavy atom. The van der Waals surface area contributed by atoms with Crippen molar-refractivity contribution in [3.63, 3.8) is 0 Å². The molecule has 0 unspecified atom stereocenters. The van der Waals surface area contributed by atoms with Crippen LogP contribution in [0.25, 0.3) is 6.08 Å². The van der Waals surface area contributed by atoms with Gasteiger partial charge in [0, 0.05) is 6.07 Å². The number of nitrogens with zero attached hydrogens (tertiary/aromatic N) is 2. The smallest absolute Gasteiger partial charge is 0.293 e. The Morgan fingerprint density at radius 1 is 1.23 bits per heavy atom. The Kier molecular flexibility index (Phi) is 5.86. The van der Waals surface area contributed by atoms with Crippen molar-refractivity contribution in [1.29, 1.82) is 5.26 Å². The highest BCUT2D eigenvalue weighted by Gasteiger charge is 2.18. The van der Waals surface area contributed by atoms with Crippen LogP contribution in [0.4, 0.5) is 11.4 Å². The van der Waals surface area contributed by atoms with E-state index in [0.29, 0.717) is 17.0 Å². The predicted octanol–water partition coefficient (Wildman–Crippen LogP) is 4.57. The van der Waals surface area contributed by atoms with Crippen molar-refractivity contribution in [1.82, 2.24) is 0 Å². The van der Waals surface area contributed by atoms with E-state index in [1.807, 2.05) is 30.3 Å². The molecule has 0 atom stereocenters. The number of aryl methyl sites for hydroxylation is 1. The third-order valence-electron chi connectivity index (χ3n) is 3.88. The van der Waals surface area contributed by atoms with Gasteiger partial charge in [0.15, 0.2) is 0 Å². The largest absolute Gasteiger partial charge is 0.316 e. The fourth-order valence-electron chi connectivity index (χ4n) is 2.38. The summed E-state index contributed by atoms with van der Waals surface area (Å²) < 4.78 is 0. The second-order valence-electron chi connectivity index (χ2n) is 6.22. The van der Waals surface area contributed by atoms with Gasteiger partial charge in [0.05, 0.1) is 4.92 Å². The number of amides is 1. The van der Waals surface area contributed by atoms with Gasteiger partial charge in [-0.2, -0.15) is 5.26 Å². The minimum atomic E-state index is -0.688. The van der Waals surface area contributed by atoms with Crippen molar-refractivity contribution >= 4 is 23.4 Å². The number of nitriles is 1. The van der Waals surface area contributed by atoms with Gasteiger partial charge in [-0.1, -0.05) is 44.2 Å². The lowest BCUT2D eigenvalue weighted by Crippen LogP contribution is -2.14. The van der Waals surface area contributed by atoms with E-state index in [4.69, 9.17) is 0 Å². The average Bonchev–Trinajstić information content (AvgIpc) is 2.61. The number of rotatable bonds is 5. The second-order valence-corrected chi connectivity index (χ2v) is 6.22. The van der Waals surface area contributed by atoms with Gasteiger partial charge in [0.1, 0.15) is 17.3 Å². The molecule has 132 valence electrons. The van der Waals surface area contributed by atoms with Gasteiger partial charge in [-0.25, -0.2) is 0 Å². The Bertz CT molecular complexity index is 907. The number of nitrogens with one attached hydrogen (secondary N) is 1. The topological polar surface area (TPSA) is 96.0 Å². The van der Waals surface area contributed by atoms with E-state index >= 15 is 0 Å². The molecule has 1 amide bonds. The maximum absolute atomic E-state index is 12.4. The highest BCUT2D eigenvalue weighted by atomic mass is 16.6. The Hall–Kier alpha value is -3.46. The van der Waals surface area contributed by atoms with E-state index in [9.17, 15) is 20.2 Å². The van der Waals surface area contributed by atoms with Gasteiger partial charge >= 0.3 is 0 Å². The molecule has 0 fully saturated rings. The zero-order valence-corrected chi connectivity index (χ0v) is 14.8. The van der Waals surface area contributed by atoms with Crippen molar-refractivity contribution in [3.8, 4) is 6.07 Å². The van der Waals surface area contributed by atoms with Crippen molar-refractivity contribution in [2.75, 3.05) is 5.32 Å². The van der Waals surface area contributed by atoms with Crippen LogP contribution in [-0.2, 0) is 4.79 Å². The highest BCUT2D eigenvalue weighted by Crippen LogP contribution is 2.26. The minimum Gasteiger partial charge on any atom is -0.316 e. The van der Waals surface area contributed by atoms with E-state index < -0.39 is 10.8 Å². The molecule has 2 rings (SSSR count). The standard InChI is InChI=1S/C20H19N3O3/c1-13(2)16-7-5-15(6-8-16)11-17(12-21)20(24)22-18-9-4-14(3)10-19(18)23(25)26/h4-11,13H,1-3H3,(H,22,24)/b17-11+. The van der Waals surface area contributed by atoms with E-state index in [1.54, 1.807) is 13.0 Å². The fraction of sp³-hybridized carbons (Fsp3) is 0.200. The van der Waals surface area contributed by atoms with Crippen molar-refractivity contribution in [2.45, 2.75) is 26.7 Å². The lowest BCUT2D eigenvalue weighted by atomic mass is 10.0. The number of nitro benzene ring substituents is 1. The molecule has 0 saturated heterocycles. The van der Waals surface area contributed by atoms with Crippen molar-refractivity contribution in [2.24, 2.45) is 0 Å². The predicted molar refractivity (Wildman–Crippen MR) is 101 cm³/mol. The van der Waals surface area contributed by atoms with Crippen LogP contribution >= 0.6 is 0 Å². The molecule has 26 heavy (non-hydrogen) atoms. The van der Waals surface area contributed by atoms with E-state index in [1.165, 1.54) is 18.2 Å². The Balaban J connectivity index is 2.27. The first-order chi connectivity index (χ1) is 12.3. The van der Waals surface area contributed by atoms with Crippen molar-refractivity contribution < 1.29 is 9.72 Å². The summed E-state index contributed by atoms with van der Waals surface area (Å²) in [5.74, 6) is -0.304. The van der Waals surface area contributed by atoms with Gasteiger partial charge in [0.2, 0.25) is 0 Å². The molecule has 0 aliphatic carbocycles. The Morgan fingerprint density at radius 2 is 1.88 bits per heavy atom. The summed E-state index contributed by atoms with van der Waals surface area (Å²) in [6.45, 7) is 5.88. The molecule has 0 bridgehead atoms. The molecule has 0 saturated carbocycles. The summed E-state index contributed by atoms with van der Waals surface area (Å²) in [7, 11) is 0. The molecule has 0 aliphatic rings. The molecule has 0 spiro atoms. The first kappa shape index (κ1) is 18.9. The van der Waals surface area contributed by atoms with Gasteiger partial charge in [0.25, 0.3) is 11.6 Å². The summed E-state index contributed by atoms with van der Waals surface area (Å²) >= 11 is 0. The molecular formula is C20H19N3O3. The van der Waals surface area contributed by atoms with Crippen LogP contribution < -0.4 is 5.32 Å². The molecule has 6 nitrogen and oxygen atoms in total. The molecule has 0 aliphatic heterocycles. The summed E-state index contributed by atoms with van der Waals surface area (Å²) in [4.78, 5) is 22.9. The van der Waals surface area contributed by atoms with Gasteiger partial charge < -0.3 is 5.32 Å². The lowest BCUT2D eigenvalue weighted by molar-refractivity contribution is -0.384. The molecule has 0 aromatic heterocycles. The van der Waals surface area contributed by atoms with Gasteiger partial charge in [-0.3, -0.25) is 14.9 Å². The first-order valence-corrected chi connectivity index (χ1v) is 8.10. The average molecular weight is 349 g/mol. The van der Waals surface area contributed by atoms with E-state index in [2.05, 4.69) is 19.2 Å². The number of anilines is 1. The number of nitro groups is 1. The first-order valence-electron chi connectivity index (χ1n) is 8.10. The molecule has 2 aromatic carbocycles. The highest BCUT2D eigenvalue weighted by molar-refractivity contribution is 6.10. The zero-order valence-electron chi connectivity index (χ0n) is 14.8. The monoisotopic (exact) mass is 349 g/mol. The maximum Gasteiger partial charge on any atom is 0.293 e. The zero-order chi connectivity index (χ0) is 19.3. The van der Waals surface area contributed by atoms with E-state index in [0.717, 1.165) is 5.56 Å². The molecule has 0 radical (unpaired) electrons. The molecule has 1 N–H and O–H groups in total. The third kappa shape index (κ3) is 4.54. The maximum atomic E-state index is 12.4. The number of carbonyl (C=O) groups is 1. The summed E-state index contributed by atoms with van der Waals surface area (Å²) in [6.07, 6.45) is 1.46. The van der Waals surface area contributed by atoms with Crippen LogP contribution in [0.15, 0.2) is 48.0 Å². The van der Waals surface area contributed by atoms with Crippen LogP contribution in [0.5, 0.6) is 0 Å².